The zero-order chi connectivity index (χ0) is 16.2. The van der Waals surface area contributed by atoms with Crippen LogP contribution in [0.2, 0.25) is 0 Å². The van der Waals surface area contributed by atoms with E-state index in [2.05, 4.69) is 47.7 Å². The summed E-state index contributed by atoms with van der Waals surface area (Å²) in [5.41, 5.74) is 5.30. The van der Waals surface area contributed by atoms with Gasteiger partial charge in [-0.25, -0.2) is 0 Å². The second-order valence-electron chi connectivity index (χ2n) is 6.02. The van der Waals surface area contributed by atoms with Crippen LogP contribution in [0.25, 0.3) is 6.08 Å². The van der Waals surface area contributed by atoms with Gasteiger partial charge >= 0.3 is 0 Å². The molecule has 3 nitrogen and oxygen atoms in total. The third kappa shape index (κ3) is 7.49. The van der Waals surface area contributed by atoms with Gasteiger partial charge in [-0.1, -0.05) is 55.8 Å². The fraction of sp³-hybridized carbons (Fsp3) is 0.500. The molecule has 0 unspecified atom stereocenters. The lowest BCUT2D eigenvalue weighted by Crippen LogP contribution is -2.31. The van der Waals surface area contributed by atoms with E-state index in [1.54, 1.807) is 0 Å². The Balaban J connectivity index is 1.66. The molecule has 1 aliphatic rings. The zero-order valence-corrected chi connectivity index (χ0v) is 14.3. The Morgan fingerprint density at radius 2 is 1.96 bits per heavy atom. The summed E-state index contributed by atoms with van der Waals surface area (Å²) in [5.74, 6) is 0. The first-order chi connectivity index (χ1) is 11.4. The largest absolute Gasteiger partial charge is 0.303 e. The van der Waals surface area contributed by atoms with Crippen LogP contribution in [0, 0.1) is 0 Å². The number of piperidine rings is 1. The molecule has 1 saturated heterocycles. The minimum Gasteiger partial charge on any atom is -0.303 e. The smallest absolute Gasteiger partial charge is 0.0758 e. The van der Waals surface area contributed by atoms with Gasteiger partial charge in [-0.3, -0.25) is 10.3 Å². The Morgan fingerprint density at radius 3 is 2.70 bits per heavy atom. The van der Waals surface area contributed by atoms with E-state index in [1.165, 1.54) is 37.9 Å². The quantitative estimate of drug-likeness (QED) is 0.415. The van der Waals surface area contributed by atoms with Crippen LogP contribution < -0.4 is 5.48 Å². The highest BCUT2D eigenvalue weighted by Crippen LogP contribution is 2.09. The van der Waals surface area contributed by atoms with Gasteiger partial charge in [0.2, 0.25) is 0 Å². The Bertz CT molecular complexity index is 476. The monoisotopic (exact) mass is 314 g/mol. The molecule has 1 aromatic carbocycles. The summed E-state index contributed by atoms with van der Waals surface area (Å²) < 4.78 is 0. The predicted molar refractivity (Wildman–Crippen MR) is 97.8 cm³/mol. The number of hydrogen-bond donors (Lipinski definition) is 1. The van der Waals surface area contributed by atoms with Crippen molar-refractivity contribution in [3.05, 3.63) is 53.7 Å². The maximum Gasteiger partial charge on any atom is 0.0758 e. The van der Waals surface area contributed by atoms with E-state index in [1.807, 2.05) is 18.2 Å². The van der Waals surface area contributed by atoms with Gasteiger partial charge in [0.1, 0.15) is 0 Å². The van der Waals surface area contributed by atoms with Crippen LogP contribution in [-0.4, -0.2) is 31.1 Å². The number of hydroxylamine groups is 1. The van der Waals surface area contributed by atoms with E-state index in [9.17, 15) is 0 Å². The lowest BCUT2D eigenvalue weighted by atomic mass is 10.1. The summed E-state index contributed by atoms with van der Waals surface area (Å²) in [5, 5.41) is 0. The topological polar surface area (TPSA) is 24.5 Å². The third-order valence-electron chi connectivity index (χ3n) is 4.04. The van der Waals surface area contributed by atoms with E-state index in [4.69, 9.17) is 4.84 Å². The third-order valence-corrected chi connectivity index (χ3v) is 4.04. The van der Waals surface area contributed by atoms with Crippen LogP contribution in [0.5, 0.6) is 0 Å². The lowest BCUT2D eigenvalue weighted by Gasteiger charge is -2.26. The van der Waals surface area contributed by atoms with E-state index >= 15 is 0 Å². The number of nitrogens with zero attached hydrogens (tertiary/aromatic N) is 1. The standard InChI is InChI=1S/C20H30N2O/c1-2-10-20(14-13-19-11-5-3-6-12-19)21-23-18-9-17-22-15-7-4-8-16-22/h3,5-6,10-14,21H,2,4,7-9,15-18H2,1H3. The van der Waals surface area contributed by atoms with Gasteiger partial charge in [0.05, 0.1) is 12.3 Å². The second-order valence-corrected chi connectivity index (χ2v) is 6.02. The highest BCUT2D eigenvalue weighted by molar-refractivity contribution is 5.52. The SMILES string of the molecule is CCC=C(C=Cc1ccccc1)NOCCCN1CCCCC1. The molecule has 2 rings (SSSR count). The van der Waals surface area contributed by atoms with Gasteiger partial charge in [0, 0.05) is 6.54 Å². The van der Waals surface area contributed by atoms with Crippen molar-refractivity contribution in [2.45, 2.75) is 39.0 Å². The van der Waals surface area contributed by atoms with E-state index in [-0.39, 0.29) is 0 Å². The van der Waals surface area contributed by atoms with Crippen molar-refractivity contribution < 1.29 is 4.84 Å². The predicted octanol–water partition coefficient (Wildman–Crippen LogP) is 4.39. The fourth-order valence-electron chi connectivity index (χ4n) is 2.79. The van der Waals surface area contributed by atoms with Gasteiger partial charge in [-0.2, -0.15) is 0 Å². The molecule has 1 N–H and O–H groups in total. The number of likely N-dealkylation sites (tertiary alicyclic amines) is 1. The summed E-state index contributed by atoms with van der Waals surface area (Å²) in [7, 11) is 0. The van der Waals surface area contributed by atoms with Gasteiger partial charge in [-0.05, 0) is 50.4 Å². The first-order valence-corrected chi connectivity index (χ1v) is 8.92. The molecule has 1 aromatic rings. The Kier molecular flexibility index (Phi) is 8.52. The van der Waals surface area contributed by atoms with Crippen LogP contribution in [0.1, 0.15) is 44.6 Å². The highest BCUT2D eigenvalue weighted by atomic mass is 16.6. The van der Waals surface area contributed by atoms with Crippen molar-refractivity contribution in [1.82, 2.24) is 10.4 Å². The molecule has 0 bridgehead atoms. The number of hydrogen-bond acceptors (Lipinski definition) is 3. The normalized spacial score (nSPS) is 16.8. The molecule has 0 aliphatic carbocycles. The highest BCUT2D eigenvalue weighted by Gasteiger charge is 2.08. The molecule has 0 spiro atoms. The minimum atomic E-state index is 0.747. The van der Waals surface area contributed by atoms with Crippen LogP contribution in [-0.2, 0) is 4.84 Å². The number of benzene rings is 1. The molecule has 1 fully saturated rings. The molecular formula is C20H30N2O. The van der Waals surface area contributed by atoms with E-state index in [0.717, 1.165) is 31.7 Å². The van der Waals surface area contributed by atoms with E-state index < -0.39 is 0 Å². The Hall–Kier alpha value is -1.58. The Morgan fingerprint density at radius 1 is 1.17 bits per heavy atom. The number of allylic oxidation sites excluding steroid dienone is 2. The first kappa shape index (κ1) is 17.8. The van der Waals surface area contributed by atoms with Gasteiger partial charge in [-0.15, -0.1) is 0 Å². The summed E-state index contributed by atoms with van der Waals surface area (Å²) in [4.78, 5) is 8.18. The molecule has 23 heavy (non-hydrogen) atoms. The molecule has 0 atom stereocenters. The summed E-state index contributed by atoms with van der Waals surface area (Å²) in [6, 6.07) is 10.3. The average molecular weight is 314 g/mol. The van der Waals surface area contributed by atoms with Crippen molar-refractivity contribution in [2.24, 2.45) is 0 Å². The van der Waals surface area contributed by atoms with Crippen LogP contribution in [0.4, 0.5) is 0 Å². The van der Waals surface area contributed by atoms with Crippen molar-refractivity contribution in [3.8, 4) is 0 Å². The maximum absolute atomic E-state index is 5.63. The molecular weight excluding hydrogens is 284 g/mol. The van der Waals surface area contributed by atoms with Crippen LogP contribution in [0.15, 0.2) is 48.2 Å². The number of rotatable bonds is 9. The molecule has 0 aromatic heterocycles. The summed E-state index contributed by atoms with van der Waals surface area (Å²) >= 11 is 0. The van der Waals surface area contributed by atoms with Crippen LogP contribution >= 0.6 is 0 Å². The second kappa shape index (κ2) is 11.0. The van der Waals surface area contributed by atoms with Crippen molar-refractivity contribution in [3.63, 3.8) is 0 Å². The van der Waals surface area contributed by atoms with Crippen molar-refractivity contribution in [2.75, 3.05) is 26.2 Å². The summed E-state index contributed by atoms with van der Waals surface area (Å²) in [6.45, 7) is 6.54. The van der Waals surface area contributed by atoms with Crippen molar-refractivity contribution >= 4 is 6.08 Å². The molecule has 0 saturated carbocycles. The molecule has 1 aliphatic heterocycles. The average Bonchev–Trinajstić information content (AvgIpc) is 2.61. The first-order valence-electron chi connectivity index (χ1n) is 8.92. The Labute approximate surface area is 141 Å². The van der Waals surface area contributed by atoms with Gasteiger partial charge < -0.3 is 4.90 Å². The molecule has 126 valence electrons. The van der Waals surface area contributed by atoms with Gasteiger partial charge in [0.25, 0.3) is 0 Å². The summed E-state index contributed by atoms with van der Waals surface area (Å²) in [6.07, 6.45) is 12.5. The lowest BCUT2D eigenvalue weighted by molar-refractivity contribution is 0.0561. The zero-order valence-electron chi connectivity index (χ0n) is 14.3. The van der Waals surface area contributed by atoms with Crippen molar-refractivity contribution in [1.29, 1.82) is 0 Å². The molecule has 3 heteroatoms. The van der Waals surface area contributed by atoms with Gasteiger partial charge in [0.15, 0.2) is 0 Å². The molecule has 0 radical (unpaired) electrons. The van der Waals surface area contributed by atoms with E-state index in [0.29, 0.717) is 0 Å². The maximum atomic E-state index is 5.63. The molecule has 0 amide bonds. The molecule has 1 heterocycles. The minimum absolute atomic E-state index is 0.747. The van der Waals surface area contributed by atoms with Crippen LogP contribution in [0.3, 0.4) is 0 Å². The number of nitrogens with one attached hydrogen (secondary N) is 1. The fourth-order valence-corrected chi connectivity index (χ4v) is 2.79.